The zero-order valence-corrected chi connectivity index (χ0v) is 14.2. The SMILES string of the molecule is CC(C)c1cc(C(=O)N2CCC(N3CCCCC3)C2)nc(N)n1. The summed E-state index contributed by atoms with van der Waals surface area (Å²) in [7, 11) is 0. The fourth-order valence-electron chi connectivity index (χ4n) is 3.56. The lowest BCUT2D eigenvalue weighted by atomic mass is 10.1. The second kappa shape index (κ2) is 6.83. The molecule has 23 heavy (non-hydrogen) atoms. The van der Waals surface area contributed by atoms with Gasteiger partial charge in [-0.2, -0.15) is 0 Å². The molecule has 1 aromatic rings. The number of nitrogens with two attached hydrogens (primary N) is 1. The van der Waals surface area contributed by atoms with Gasteiger partial charge in [-0.15, -0.1) is 0 Å². The van der Waals surface area contributed by atoms with E-state index in [1.807, 2.05) is 18.7 Å². The predicted octanol–water partition coefficient (Wildman–Crippen LogP) is 1.88. The first-order chi connectivity index (χ1) is 11.0. The number of rotatable bonds is 3. The topological polar surface area (TPSA) is 75.4 Å². The third-order valence-electron chi connectivity index (χ3n) is 4.93. The van der Waals surface area contributed by atoms with Crippen LogP contribution < -0.4 is 5.73 Å². The summed E-state index contributed by atoms with van der Waals surface area (Å²) < 4.78 is 0. The highest BCUT2D eigenvalue weighted by Gasteiger charge is 2.32. The minimum Gasteiger partial charge on any atom is -0.368 e. The molecule has 1 unspecified atom stereocenters. The Hall–Kier alpha value is -1.69. The molecule has 2 aliphatic rings. The van der Waals surface area contributed by atoms with Gasteiger partial charge < -0.3 is 10.6 Å². The molecule has 126 valence electrons. The minimum absolute atomic E-state index is 0.0134. The number of nitrogens with zero attached hydrogens (tertiary/aromatic N) is 4. The molecular formula is C17H27N5O. The predicted molar refractivity (Wildman–Crippen MR) is 90.3 cm³/mol. The Morgan fingerprint density at radius 3 is 2.65 bits per heavy atom. The van der Waals surface area contributed by atoms with Crippen molar-refractivity contribution in [3.05, 3.63) is 17.5 Å². The summed E-state index contributed by atoms with van der Waals surface area (Å²) in [6.45, 7) is 8.03. The molecule has 0 bridgehead atoms. The zero-order chi connectivity index (χ0) is 16.4. The largest absolute Gasteiger partial charge is 0.368 e. The lowest BCUT2D eigenvalue weighted by Crippen LogP contribution is -2.41. The molecule has 0 radical (unpaired) electrons. The number of hydrogen-bond donors (Lipinski definition) is 1. The summed E-state index contributed by atoms with van der Waals surface area (Å²) >= 11 is 0. The van der Waals surface area contributed by atoms with Crippen LogP contribution in [0.3, 0.4) is 0 Å². The van der Waals surface area contributed by atoms with Gasteiger partial charge in [0.15, 0.2) is 0 Å². The van der Waals surface area contributed by atoms with E-state index >= 15 is 0 Å². The molecule has 1 atom stereocenters. The number of likely N-dealkylation sites (tertiary alicyclic amines) is 2. The fourth-order valence-corrected chi connectivity index (χ4v) is 3.56. The van der Waals surface area contributed by atoms with E-state index in [-0.39, 0.29) is 17.8 Å². The van der Waals surface area contributed by atoms with E-state index in [0.29, 0.717) is 11.7 Å². The maximum absolute atomic E-state index is 12.8. The molecule has 0 aliphatic carbocycles. The Kier molecular flexibility index (Phi) is 4.80. The second-order valence-electron chi connectivity index (χ2n) is 6.98. The van der Waals surface area contributed by atoms with Gasteiger partial charge in [0.2, 0.25) is 5.95 Å². The number of carbonyl (C=O) groups is 1. The highest BCUT2D eigenvalue weighted by molar-refractivity contribution is 5.92. The molecule has 3 heterocycles. The summed E-state index contributed by atoms with van der Waals surface area (Å²) in [4.78, 5) is 25.6. The molecule has 2 N–H and O–H groups in total. The summed E-state index contributed by atoms with van der Waals surface area (Å²) in [5, 5.41) is 0. The lowest BCUT2D eigenvalue weighted by Gasteiger charge is -2.32. The Balaban J connectivity index is 1.69. The normalized spacial score (nSPS) is 22.7. The molecule has 3 rings (SSSR count). The first-order valence-corrected chi connectivity index (χ1v) is 8.72. The first kappa shape index (κ1) is 16.2. The standard InChI is InChI=1S/C17H27N5O/c1-12(2)14-10-15(20-17(18)19-14)16(23)22-9-6-13(11-22)21-7-4-3-5-8-21/h10,12-13H,3-9,11H2,1-2H3,(H2,18,19,20). The minimum atomic E-state index is -0.0134. The van der Waals surface area contributed by atoms with E-state index in [1.165, 1.54) is 32.4 Å². The molecule has 0 aromatic carbocycles. The highest BCUT2D eigenvalue weighted by atomic mass is 16.2. The van der Waals surface area contributed by atoms with E-state index in [0.717, 1.165) is 25.2 Å². The van der Waals surface area contributed by atoms with Crippen molar-refractivity contribution in [2.24, 2.45) is 0 Å². The van der Waals surface area contributed by atoms with Crippen LogP contribution in [0.2, 0.25) is 0 Å². The molecular weight excluding hydrogens is 290 g/mol. The van der Waals surface area contributed by atoms with Crippen molar-refractivity contribution in [3.8, 4) is 0 Å². The summed E-state index contributed by atoms with van der Waals surface area (Å²) in [5.41, 5.74) is 7.03. The van der Waals surface area contributed by atoms with Gasteiger partial charge in [0, 0.05) is 24.8 Å². The lowest BCUT2D eigenvalue weighted by molar-refractivity contribution is 0.0765. The Labute approximate surface area is 138 Å². The van der Waals surface area contributed by atoms with Crippen LogP contribution in [-0.2, 0) is 0 Å². The molecule has 6 heteroatoms. The molecule has 2 fully saturated rings. The number of piperidine rings is 1. The Bertz CT molecular complexity index is 568. The van der Waals surface area contributed by atoms with E-state index in [9.17, 15) is 4.79 Å². The van der Waals surface area contributed by atoms with Gasteiger partial charge in [0.25, 0.3) is 5.91 Å². The molecule has 1 aromatic heterocycles. The van der Waals surface area contributed by atoms with Crippen LogP contribution in [0.4, 0.5) is 5.95 Å². The van der Waals surface area contributed by atoms with Crippen molar-refractivity contribution >= 4 is 11.9 Å². The maximum Gasteiger partial charge on any atom is 0.272 e. The van der Waals surface area contributed by atoms with Crippen molar-refractivity contribution in [1.82, 2.24) is 19.8 Å². The average molecular weight is 317 g/mol. The van der Waals surface area contributed by atoms with Crippen LogP contribution in [0.15, 0.2) is 6.07 Å². The van der Waals surface area contributed by atoms with E-state index in [2.05, 4.69) is 14.9 Å². The van der Waals surface area contributed by atoms with Gasteiger partial charge in [-0.25, -0.2) is 9.97 Å². The summed E-state index contributed by atoms with van der Waals surface area (Å²) in [6.07, 6.45) is 4.96. The van der Waals surface area contributed by atoms with Crippen molar-refractivity contribution in [2.75, 3.05) is 31.9 Å². The van der Waals surface area contributed by atoms with Crippen molar-refractivity contribution < 1.29 is 4.79 Å². The van der Waals surface area contributed by atoms with Crippen molar-refractivity contribution in [3.63, 3.8) is 0 Å². The summed E-state index contributed by atoms with van der Waals surface area (Å²) in [5.74, 6) is 0.401. The number of nitrogen functional groups attached to an aromatic ring is 1. The van der Waals surface area contributed by atoms with Gasteiger partial charge >= 0.3 is 0 Å². The number of aromatic nitrogens is 2. The summed E-state index contributed by atoms with van der Waals surface area (Å²) in [6, 6.07) is 2.29. The maximum atomic E-state index is 12.8. The molecule has 1 amide bonds. The molecule has 0 spiro atoms. The van der Waals surface area contributed by atoms with Crippen LogP contribution >= 0.6 is 0 Å². The first-order valence-electron chi connectivity index (χ1n) is 8.72. The molecule has 6 nitrogen and oxygen atoms in total. The monoisotopic (exact) mass is 317 g/mol. The smallest absolute Gasteiger partial charge is 0.272 e. The number of amides is 1. The van der Waals surface area contributed by atoms with Crippen LogP contribution in [0.1, 0.15) is 61.6 Å². The van der Waals surface area contributed by atoms with Gasteiger partial charge in [-0.3, -0.25) is 9.69 Å². The second-order valence-corrected chi connectivity index (χ2v) is 6.98. The highest BCUT2D eigenvalue weighted by Crippen LogP contribution is 2.22. The quantitative estimate of drug-likeness (QED) is 0.921. The zero-order valence-electron chi connectivity index (χ0n) is 14.2. The molecule has 2 saturated heterocycles. The Morgan fingerprint density at radius 1 is 1.22 bits per heavy atom. The fraction of sp³-hybridized carbons (Fsp3) is 0.706. The van der Waals surface area contributed by atoms with E-state index < -0.39 is 0 Å². The van der Waals surface area contributed by atoms with E-state index in [1.54, 1.807) is 6.07 Å². The van der Waals surface area contributed by atoms with Crippen molar-refractivity contribution in [2.45, 2.75) is 51.5 Å². The van der Waals surface area contributed by atoms with Crippen LogP contribution in [-0.4, -0.2) is 57.9 Å². The molecule has 2 aliphatic heterocycles. The van der Waals surface area contributed by atoms with Crippen LogP contribution in [0.25, 0.3) is 0 Å². The van der Waals surface area contributed by atoms with Gasteiger partial charge in [-0.05, 0) is 44.3 Å². The number of carbonyl (C=O) groups excluding carboxylic acids is 1. The third kappa shape index (κ3) is 3.63. The van der Waals surface area contributed by atoms with Gasteiger partial charge in [0.05, 0.1) is 0 Å². The van der Waals surface area contributed by atoms with Crippen LogP contribution in [0.5, 0.6) is 0 Å². The van der Waals surface area contributed by atoms with Crippen molar-refractivity contribution in [1.29, 1.82) is 0 Å². The van der Waals surface area contributed by atoms with Gasteiger partial charge in [0.1, 0.15) is 5.69 Å². The van der Waals surface area contributed by atoms with Gasteiger partial charge in [-0.1, -0.05) is 20.3 Å². The van der Waals surface area contributed by atoms with E-state index in [4.69, 9.17) is 5.73 Å². The number of hydrogen-bond acceptors (Lipinski definition) is 5. The Morgan fingerprint density at radius 2 is 1.96 bits per heavy atom. The third-order valence-corrected chi connectivity index (χ3v) is 4.93. The number of anilines is 1. The van der Waals surface area contributed by atoms with Crippen LogP contribution in [0, 0.1) is 0 Å². The average Bonchev–Trinajstić information content (AvgIpc) is 3.04. The molecule has 0 saturated carbocycles.